The fraction of sp³-hybridized carbons (Fsp3) is 0.0952. The number of carbonyl (C=O) groups is 5. The van der Waals surface area contributed by atoms with Crippen molar-refractivity contribution in [3.63, 3.8) is 0 Å². The molecule has 0 aliphatic carbocycles. The molecule has 29 heavy (non-hydrogen) atoms. The molecule has 8 nitrogen and oxygen atoms in total. The van der Waals surface area contributed by atoms with Crippen LogP contribution in [0.3, 0.4) is 0 Å². The Hall–Kier alpha value is -4.07. The van der Waals surface area contributed by atoms with Crippen LogP contribution >= 0.6 is 0 Å². The molecule has 2 aromatic rings. The minimum absolute atomic E-state index is 0.0413. The Bertz CT molecular complexity index is 1080. The molecule has 2 aromatic carbocycles. The third-order valence-corrected chi connectivity index (χ3v) is 4.52. The van der Waals surface area contributed by atoms with E-state index in [-0.39, 0.29) is 27.8 Å². The van der Waals surface area contributed by atoms with Crippen LogP contribution in [0.5, 0.6) is 0 Å². The second-order valence-corrected chi connectivity index (χ2v) is 6.53. The average Bonchev–Trinajstić information content (AvgIpc) is 3.14. The quantitative estimate of drug-likeness (QED) is 0.338. The summed E-state index contributed by atoms with van der Waals surface area (Å²) in [6.07, 6.45) is -1.04. The molecule has 2 aliphatic rings. The highest BCUT2D eigenvalue weighted by Crippen LogP contribution is 2.33. The minimum Gasteiger partial charge on any atom is -0.449 e. The van der Waals surface area contributed by atoms with E-state index in [2.05, 4.69) is 16.1 Å². The number of rotatable bonds is 4. The zero-order chi connectivity index (χ0) is 20.9. The van der Waals surface area contributed by atoms with Gasteiger partial charge in [-0.25, -0.2) is 24.0 Å². The predicted octanol–water partition coefficient (Wildman–Crippen LogP) is 2.52. The number of hydrogen-bond donors (Lipinski definition) is 0. The largest absolute Gasteiger partial charge is 0.449 e. The second-order valence-electron chi connectivity index (χ2n) is 6.53. The van der Waals surface area contributed by atoms with Gasteiger partial charge in [-0.3, -0.25) is 0 Å². The van der Waals surface area contributed by atoms with Crippen LogP contribution < -0.4 is 0 Å². The van der Waals surface area contributed by atoms with Crippen molar-refractivity contribution in [2.24, 2.45) is 0 Å². The van der Waals surface area contributed by atoms with Crippen LogP contribution in [-0.4, -0.2) is 29.8 Å². The number of hydrogen-bond acceptors (Lipinski definition) is 8. The Morgan fingerprint density at radius 2 is 1.21 bits per heavy atom. The van der Waals surface area contributed by atoms with E-state index in [0.717, 1.165) is 0 Å². The molecule has 4 rings (SSSR count). The van der Waals surface area contributed by atoms with Crippen LogP contribution in [0.15, 0.2) is 48.6 Å². The van der Waals surface area contributed by atoms with E-state index in [1.54, 1.807) is 0 Å². The number of ether oxygens (including phenoxy) is 3. The van der Waals surface area contributed by atoms with E-state index in [1.165, 1.54) is 43.3 Å². The molecule has 0 amide bonds. The number of benzene rings is 2. The summed E-state index contributed by atoms with van der Waals surface area (Å²) in [5, 5.41) is 0. The number of esters is 5. The summed E-state index contributed by atoms with van der Waals surface area (Å²) in [6, 6.07) is 8.57. The SMILES string of the molecule is C=C(C)C(=O)OC(c1ccc2c(c1)C(=O)OC2=O)c1ccc2c(c1)C(=O)OC2=O. The predicted molar refractivity (Wildman–Crippen MR) is 95.1 cm³/mol. The van der Waals surface area contributed by atoms with Crippen molar-refractivity contribution in [3.05, 3.63) is 81.9 Å². The molecular formula is C21H12O8. The summed E-state index contributed by atoms with van der Waals surface area (Å²) < 4.78 is 14.7. The molecule has 0 saturated carbocycles. The van der Waals surface area contributed by atoms with Gasteiger partial charge in [-0.05, 0) is 42.3 Å². The average molecular weight is 392 g/mol. The van der Waals surface area contributed by atoms with E-state index in [9.17, 15) is 24.0 Å². The van der Waals surface area contributed by atoms with Gasteiger partial charge in [-0.1, -0.05) is 18.7 Å². The molecule has 0 bridgehead atoms. The van der Waals surface area contributed by atoms with Crippen LogP contribution in [0.1, 0.15) is 65.6 Å². The summed E-state index contributed by atoms with van der Waals surface area (Å²) >= 11 is 0. The normalized spacial score (nSPS) is 14.4. The van der Waals surface area contributed by atoms with Crippen LogP contribution in [-0.2, 0) is 19.0 Å². The molecule has 0 atom stereocenters. The van der Waals surface area contributed by atoms with Gasteiger partial charge in [0.05, 0.1) is 22.3 Å². The van der Waals surface area contributed by atoms with Crippen molar-refractivity contribution in [2.75, 3.05) is 0 Å². The Kier molecular flexibility index (Phi) is 4.11. The van der Waals surface area contributed by atoms with Gasteiger partial charge in [0.25, 0.3) is 0 Å². The van der Waals surface area contributed by atoms with Gasteiger partial charge in [0, 0.05) is 5.57 Å². The molecule has 144 valence electrons. The molecule has 2 heterocycles. The molecule has 0 aromatic heterocycles. The number of cyclic esters (lactones) is 4. The highest BCUT2D eigenvalue weighted by atomic mass is 16.6. The summed E-state index contributed by atoms with van der Waals surface area (Å²) in [5.41, 5.74) is 1.16. The lowest BCUT2D eigenvalue weighted by atomic mass is 9.95. The van der Waals surface area contributed by atoms with Crippen LogP contribution in [0.25, 0.3) is 0 Å². The van der Waals surface area contributed by atoms with Gasteiger partial charge < -0.3 is 14.2 Å². The maximum Gasteiger partial charge on any atom is 0.346 e. The summed E-state index contributed by atoms with van der Waals surface area (Å²) in [5.74, 6) is -3.83. The molecule has 0 unspecified atom stereocenters. The number of carbonyl (C=O) groups excluding carboxylic acids is 5. The fourth-order valence-corrected chi connectivity index (χ4v) is 3.07. The van der Waals surface area contributed by atoms with Crippen molar-refractivity contribution >= 4 is 29.8 Å². The standard InChI is InChI=1S/C21H12O8/c1-9(2)17(22)27-16(10-3-5-12-14(7-10)20(25)28-18(12)23)11-4-6-13-15(8-11)21(26)29-19(13)24/h3-8,16H,1H2,2H3. The molecule has 0 spiro atoms. The van der Waals surface area contributed by atoms with Gasteiger partial charge in [-0.15, -0.1) is 0 Å². The Morgan fingerprint density at radius 1 is 0.793 bits per heavy atom. The summed E-state index contributed by atoms with van der Waals surface area (Å²) in [7, 11) is 0. The van der Waals surface area contributed by atoms with Gasteiger partial charge in [0.15, 0.2) is 6.10 Å². The molecule has 0 fully saturated rings. The van der Waals surface area contributed by atoms with Gasteiger partial charge in [0.2, 0.25) is 0 Å². The Labute approximate surface area is 163 Å². The minimum atomic E-state index is -1.04. The zero-order valence-corrected chi connectivity index (χ0v) is 15.0. The Morgan fingerprint density at radius 3 is 1.62 bits per heavy atom. The van der Waals surface area contributed by atoms with Crippen molar-refractivity contribution in [2.45, 2.75) is 13.0 Å². The van der Waals surface area contributed by atoms with Crippen molar-refractivity contribution in [1.29, 1.82) is 0 Å². The highest BCUT2D eigenvalue weighted by molar-refractivity contribution is 6.15. The second kappa shape index (κ2) is 6.52. The maximum absolute atomic E-state index is 12.2. The smallest absolute Gasteiger partial charge is 0.346 e. The first-order valence-corrected chi connectivity index (χ1v) is 8.43. The monoisotopic (exact) mass is 392 g/mol. The molecule has 2 aliphatic heterocycles. The first-order chi connectivity index (χ1) is 13.8. The maximum atomic E-state index is 12.2. The van der Waals surface area contributed by atoms with E-state index >= 15 is 0 Å². The van der Waals surface area contributed by atoms with Gasteiger partial charge >= 0.3 is 29.8 Å². The van der Waals surface area contributed by atoms with Gasteiger partial charge in [-0.2, -0.15) is 0 Å². The summed E-state index contributed by atoms with van der Waals surface area (Å²) in [4.78, 5) is 59.3. The van der Waals surface area contributed by atoms with Crippen LogP contribution in [0, 0.1) is 0 Å². The lowest BCUT2D eigenvalue weighted by Gasteiger charge is -2.19. The molecule has 0 N–H and O–H groups in total. The fourth-order valence-electron chi connectivity index (χ4n) is 3.07. The lowest BCUT2D eigenvalue weighted by Crippen LogP contribution is -2.14. The van der Waals surface area contributed by atoms with Crippen molar-refractivity contribution in [3.8, 4) is 0 Å². The van der Waals surface area contributed by atoms with E-state index in [0.29, 0.717) is 11.1 Å². The van der Waals surface area contributed by atoms with E-state index < -0.39 is 36.0 Å². The van der Waals surface area contributed by atoms with Crippen molar-refractivity contribution in [1.82, 2.24) is 0 Å². The third kappa shape index (κ3) is 3.00. The van der Waals surface area contributed by atoms with Crippen molar-refractivity contribution < 1.29 is 38.2 Å². The van der Waals surface area contributed by atoms with E-state index in [1.807, 2.05) is 0 Å². The molecular weight excluding hydrogens is 380 g/mol. The summed E-state index contributed by atoms with van der Waals surface area (Å²) in [6.45, 7) is 5.01. The van der Waals surface area contributed by atoms with Gasteiger partial charge in [0.1, 0.15) is 0 Å². The van der Waals surface area contributed by atoms with Crippen LogP contribution in [0.2, 0.25) is 0 Å². The highest BCUT2D eigenvalue weighted by Gasteiger charge is 2.34. The Balaban J connectivity index is 1.82. The molecule has 0 radical (unpaired) electrons. The first kappa shape index (κ1) is 18.3. The number of fused-ring (bicyclic) bond motifs is 2. The lowest BCUT2D eigenvalue weighted by molar-refractivity contribution is -0.142. The third-order valence-electron chi connectivity index (χ3n) is 4.52. The zero-order valence-electron chi connectivity index (χ0n) is 15.0. The van der Waals surface area contributed by atoms with Crippen LogP contribution in [0.4, 0.5) is 0 Å². The molecule has 0 saturated heterocycles. The first-order valence-electron chi connectivity index (χ1n) is 8.43. The molecule has 8 heteroatoms. The topological polar surface area (TPSA) is 113 Å². The van der Waals surface area contributed by atoms with E-state index in [4.69, 9.17) is 4.74 Å².